The Morgan fingerprint density at radius 1 is 1.33 bits per heavy atom. The molecule has 0 radical (unpaired) electrons. The van der Waals surface area contributed by atoms with Crippen LogP contribution in [-0.2, 0) is 9.59 Å². The number of carbonyl (C=O) groups is 2. The van der Waals surface area contributed by atoms with Gasteiger partial charge in [0, 0.05) is 11.6 Å². The molecular formula is C14H21ClN4O2. The molecule has 5 N–H and O–H groups in total. The summed E-state index contributed by atoms with van der Waals surface area (Å²) in [6, 6.07) is 4.84. The van der Waals surface area contributed by atoms with Gasteiger partial charge in [0.15, 0.2) is 0 Å². The van der Waals surface area contributed by atoms with Crippen LogP contribution >= 0.6 is 11.6 Å². The van der Waals surface area contributed by atoms with Gasteiger partial charge in [0.2, 0.25) is 11.8 Å². The number of anilines is 2. The van der Waals surface area contributed by atoms with E-state index in [0.29, 0.717) is 28.9 Å². The highest BCUT2D eigenvalue weighted by atomic mass is 35.5. The second kappa shape index (κ2) is 7.85. The van der Waals surface area contributed by atoms with E-state index >= 15 is 0 Å². The molecule has 0 aromatic heterocycles. The van der Waals surface area contributed by atoms with E-state index in [4.69, 9.17) is 23.1 Å². The number of rotatable bonds is 7. The summed E-state index contributed by atoms with van der Waals surface area (Å²) in [6.07, 6.45) is 0. The summed E-state index contributed by atoms with van der Waals surface area (Å²) in [4.78, 5) is 24.8. The first-order valence-electron chi connectivity index (χ1n) is 6.63. The number of benzene rings is 1. The van der Waals surface area contributed by atoms with Gasteiger partial charge >= 0.3 is 0 Å². The molecule has 0 atom stereocenters. The maximum atomic E-state index is 12.0. The van der Waals surface area contributed by atoms with Gasteiger partial charge in [0.05, 0.1) is 24.5 Å². The molecule has 0 fully saturated rings. The van der Waals surface area contributed by atoms with E-state index in [0.717, 1.165) is 0 Å². The van der Waals surface area contributed by atoms with Crippen LogP contribution < -0.4 is 16.8 Å². The lowest BCUT2D eigenvalue weighted by Gasteiger charge is -2.22. The van der Waals surface area contributed by atoms with Crippen LogP contribution in [0.2, 0.25) is 5.02 Å². The zero-order chi connectivity index (χ0) is 16.0. The molecule has 7 heteroatoms. The Hall–Kier alpha value is -1.79. The van der Waals surface area contributed by atoms with Crippen molar-refractivity contribution in [2.24, 2.45) is 11.7 Å². The zero-order valence-electron chi connectivity index (χ0n) is 12.2. The molecule has 21 heavy (non-hydrogen) atoms. The number of hydrogen-bond acceptors (Lipinski definition) is 4. The molecule has 1 aromatic rings. The van der Waals surface area contributed by atoms with Crippen LogP contribution in [0.5, 0.6) is 0 Å². The molecule has 6 nitrogen and oxygen atoms in total. The van der Waals surface area contributed by atoms with E-state index in [9.17, 15) is 9.59 Å². The molecule has 0 spiro atoms. The Bertz CT molecular complexity index is 520. The molecule has 0 aliphatic rings. The van der Waals surface area contributed by atoms with Crippen molar-refractivity contribution >= 4 is 34.8 Å². The number of amides is 2. The highest BCUT2D eigenvalue weighted by molar-refractivity contribution is 6.31. The van der Waals surface area contributed by atoms with E-state index in [-0.39, 0.29) is 19.0 Å². The number of nitrogen functional groups attached to an aromatic ring is 1. The molecule has 0 bridgehead atoms. The van der Waals surface area contributed by atoms with Crippen molar-refractivity contribution in [3.05, 3.63) is 23.2 Å². The van der Waals surface area contributed by atoms with Crippen molar-refractivity contribution in [3.63, 3.8) is 0 Å². The van der Waals surface area contributed by atoms with E-state index in [1.54, 1.807) is 23.1 Å². The third kappa shape index (κ3) is 6.46. The normalized spacial score (nSPS) is 10.9. The highest BCUT2D eigenvalue weighted by Crippen LogP contribution is 2.22. The first-order chi connectivity index (χ1) is 9.77. The van der Waals surface area contributed by atoms with Crippen molar-refractivity contribution in [1.82, 2.24) is 4.90 Å². The SMILES string of the molecule is CC(C)CN(CC(N)=O)CC(=O)Nc1ccc(Cl)cc1N. The maximum absolute atomic E-state index is 12.0. The third-order valence-electron chi connectivity index (χ3n) is 2.66. The Balaban J connectivity index is 2.66. The quantitative estimate of drug-likeness (QED) is 0.660. The van der Waals surface area contributed by atoms with Gasteiger partial charge in [0.25, 0.3) is 0 Å². The molecule has 116 valence electrons. The standard InChI is InChI=1S/C14H21ClN4O2/c1-9(2)6-19(7-13(17)20)8-14(21)18-12-4-3-10(15)5-11(12)16/h3-5,9H,6-8,16H2,1-2H3,(H2,17,20)(H,18,21). The van der Waals surface area contributed by atoms with Gasteiger partial charge in [-0.25, -0.2) is 0 Å². The molecule has 0 saturated carbocycles. The number of halogens is 1. The predicted octanol–water partition coefficient (Wildman–Crippen LogP) is 1.30. The van der Waals surface area contributed by atoms with Crippen molar-refractivity contribution in [1.29, 1.82) is 0 Å². The molecule has 0 aliphatic carbocycles. The van der Waals surface area contributed by atoms with E-state index in [1.807, 2.05) is 13.8 Å². The number of nitrogens with one attached hydrogen (secondary N) is 1. The number of carbonyl (C=O) groups excluding carboxylic acids is 2. The molecule has 0 unspecified atom stereocenters. The largest absolute Gasteiger partial charge is 0.397 e. The summed E-state index contributed by atoms with van der Waals surface area (Å²) in [5.41, 5.74) is 11.8. The van der Waals surface area contributed by atoms with Crippen LogP contribution in [0, 0.1) is 5.92 Å². The Labute approximate surface area is 129 Å². The van der Waals surface area contributed by atoms with Gasteiger partial charge in [-0.05, 0) is 24.1 Å². The lowest BCUT2D eigenvalue weighted by molar-refractivity contribution is -0.121. The van der Waals surface area contributed by atoms with Crippen LogP contribution in [0.25, 0.3) is 0 Å². The van der Waals surface area contributed by atoms with Crippen molar-refractivity contribution in [3.8, 4) is 0 Å². The average molecular weight is 313 g/mol. The first-order valence-corrected chi connectivity index (χ1v) is 7.01. The number of nitrogens with two attached hydrogens (primary N) is 2. The Morgan fingerprint density at radius 3 is 2.52 bits per heavy atom. The minimum atomic E-state index is -0.463. The van der Waals surface area contributed by atoms with Crippen LogP contribution in [0.4, 0.5) is 11.4 Å². The van der Waals surface area contributed by atoms with Gasteiger partial charge in [-0.3, -0.25) is 14.5 Å². The second-order valence-corrected chi connectivity index (χ2v) is 5.75. The molecular weight excluding hydrogens is 292 g/mol. The fourth-order valence-electron chi connectivity index (χ4n) is 1.96. The van der Waals surface area contributed by atoms with Crippen molar-refractivity contribution in [2.45, 2.75) is 13.8 Å². The molecule has 0 aliphatic heterocycles. The maximum Gasteiger partial charge on any atom is 0.238 e. The first kappa shape index (κ1) is 17.3. The number of nitrogens with zero attached hydrogens (tertiary/aromatic N) is 1. The van der Waals surface area contributed by atoms with Crippen LogP contribution in [0.3, 0.4) is 0 Å². The predicted molar refractivity (Wildman–Crippen MR) is 85.0 cm³/mol. The Morgan fingerprint density at radius 2 is 2.00 bits per heavy atom. The fourth-order valence-corrected chi connectivity index (χ4v) is 2.14. The van der Waals surface area contributed by atoms with Crippen molar-refractivity contribution in [2.75, 3.05) is 30.7 Å². The lowest BCUT2D eigenvalue weighted by atomic mass is 10.2. The summed E-state index contributed by atoms with van der Waals surface area (Å²) in [5.74, 6) is -0.405. The molecule has 0 heterocycles. The summed E-state index contributed by atoms with van der Waals surface area (Å²) >= 11 is 5.80. The van der Waals surface area contributed by atoms with Crippen molar-refractivity contribution < 1.29 is 9.59 Å². The molecule has 0 saturated heterocycles. The smallest absolute Gasteiger partial charge is 0.238 e. The zero-order valence-corrected chi connectivity index (χ0v) is 13.0. The van der Waals surface area contributed by atoms with Gasteiger partial charge in [-0.15, -0.1) is 0 Å². The van der Waals surface area contributed by atoms with E-state index in [2.05, 4.69) is 5.32 Å². The van der Waals surface area contributed by atoms with Crippen LogP contribution in [0.15, 0.2) is 18.2 Å². The lowest BCUT2D eigenvalue weighted by Crippen LogP contribution is -2.41. The number of primary amides is 1. The highest BCUT2D eigenvalue weighted by Gasteiger charge is 2.15. The molecule has 1 aromatic carbocycles. The summed E-state index contributed by atoms with van der Waals surface area (Å²) in [7, 11) is 0. The minimum absolute atomic E-state index is 0.0434. The minimum Gasteiger partial charge on any atom is -0.397 e. The summed E-state index contributed by atoms with van der Waals surface area (Å²) in [5, 5.41) is 3.20. The van der Waals surface area contributed by atoms with Gasteiger partial charge < -0.3 is 16.8 Å². The average Bonchev–Trinajstić information content (AvgIpc) is 2.30. The third-order valence-corrected chi connectivity index (χ3v) is 2.89. The van der Waals surface area contributed by atoms with Crippen LogP contribution in [-0.4, -0.2) is 36.3 Å². The summed E-state index contributed by atoms with van der Waals surface area (Å²) in [6.45, 7) is 4.73. The topological polar surface area (TPSA) is 101 Å². The van der Waals surface area contributed by atoms with Crippen LogP contribution in [0.1, 0.15) is 13.8 Å². The van der Waals surface area contributed by atoms with Gasteiger partial charge in [-0.1, -0.05) is 25.4 Å². The molecule has 2 amide bonds. The number of hydrogen-bond donors (Lipinski definition) is 3. The summed E-state index contributed by atoms with van der Waals surface area (Å²) < 4.78 is 0. The van der Waals surface area contributed by atoms with E-state index < -0.39 is 5.91 Å². The van der Waals surface area contributed by atoms with Gasteiger partial charge in [-0.2, -0.15) is 0 Å². The molecule has 1 rings (SSSR count). The van der Waals surface area contributed by atoms with Gasteiger partial charge in [0.1, 0.15) is 0 Å². The fraction of sp³-hybridized carbons (Fsp3) is 0.429. The monoisotopic (exact) mass is 312 g/mol. The second-order valence-electron chi connectivity index (χ2n) is 5.31. The Kier molecular flexibility index (Phi) is 6.45. The van der Waals surface area contributed by atoms with E-state index in [1.165, 1.54) is 0 Å².